The van der Waals surface area contributed by atoms with E-state index in [1.54, 1.807) is 21.5 Å². The lowest BCUT2D eigenvalue weighted by Crippen LogP contribution is -2.30. The highest BCUT2D eigenvalue weighted by atomic mass is 16.3. The predicted molar refractivity (Wildman–Crippen MR) is 191 cm³/mol. The first-order valence-corrected chi connectivity index (χ1v) is 17.2. The largest absolute Gasteiger partial charge is 0.392 e. The van der Waals surface area contributed by atoms with E-state index in [1.807, 2.05) is 87.3 Å². The number of aliphatic hydroxyl groups is 1. The molecule has 6 rings (SSSR count). The van der Waals surface area contributed by atoms with Crippen LogP contribution < -0.4 is 11.2 Å². The fourth-order valence-corrected chi connectivity index (χ4v) is 7.02. The number of carbonyl (C=O) groups excluding carboxylic acids is 2. The van der Waals surface area contributed by atoms with Gasteiger partial charge in [0.15, 0.2) is 0 Å². The van der Waals surface area contributed by atoms with E-state index in [2.05, 4.69) is 49.2 Å². The van der Waals surface area contributed by atoms with Gasteiger partial charge in [-0.3, -0.25) is 19.0 Å². The third-order valence-corrected chi connectivity index (χ3v) is 9.53. The number of para-hydroxylation sites is 3. The van der Waals surface area contributed by atoms with Crippen molar-refractivity contribution < 1.29 is 14.7 Å². The first kappa shape index (κ1) is 34.6. The van der Waals surface area contributed by atoms with Gasteiger partial charge in [0.25, 0.3) is 11.8 Å². The zero-order valence-corrected chi connectivity index (χ0v) is 30.1. The van der Waals surface area contributed by atoms with Crippen molar-refractivity contribution >= 4 is 33.9 Å². The molecule has 0 saturated heterocycles. The number of aliphatic hydroxyl groups excluding tert-OH is 1. The van der Waals surface area contributed by atoms with Crippen LogP contribution in [0.1, 0.15) is 90.5 Å². The number of benzene rings is 2. The predicted octanol–water partition coefficient (Wildman–Crippen LogP) is 4.90. The van der Waals surface area contributed by atoms with Gasteiger partial charge in [-0.15, -0.1) is 0 Å². The van der Waals surface area contributed by atoms with Crippen molar-refractivity contribution in [3.05, 3.63) is 94.2 Å². The fraction of sp³-hybridized carbons (Fsp3) is 0.405. The maximum atomic E-state index is 13.7. The van der Waals surface area contributed by atoms with Gasteiger partial charge in [0.2, 0.25) is 11.2 Å². The maximum absolute atomic E-state index is 13.7. The molecule has 2 atom stereocenters. The van der Waals surface area contributed by atoms with E-state index >= 15 is 0 Å². The second kappa shape index (κ2) is 13.9. The zero-order valence-electron chi connectivity index (χ0n) is 30.1. The molecule has 1 N–H and O–H groups in total. The van der Waals surface area contributed by atoms with Crippen molar-refractivity contribution in [3.8, 4) is 0 Å². The third-order valence-electron chi connectivity index (χ3n) is 9.53. The molecule has 0 aliphatic heterocycles. The average molecular weight is 679 g/mol. The number of nitrogens with zero attached hydrogens (tertiary/aromatic N) is 10. The Hall–Kier alpha value is -5.30. The third kappa shape index (κ3) is 6.06. The summed E-state index contributed by atoms with van der Waals surface area (Å²) in [7, 11) is 3.83. The summed E-state index contributed by atoms with van der Waals surface area (Å²) >= 11 is 0. The minimum atomic E-state index is -0.375. The Morgan fingerprint density at radius 1 is 0.720 bits per heavy atom. The van der Waals surface area contributed by atoms with Crippen LogP contribution in [0.4, 0.5) is 0 Å². The van der Waals surface area contributed by atoms with Crippen molar-refractivity contribution in [2.75, 3.05) is 0 Å². The first-order chi connectivity index (χ1) is 24.0. The summed E-state index contributed by atoms with van der Waals surface area (Å²) in [6, 6.07) is 17.2. The molecule has 6 aromatic rings. The molecular formula is C37H46N10O3. The van der Waals surface area contributed by atoms with Crippen molar-refractivity contribution in [1.82, 2.24) is 37.8 Å². The van der Waals surface area contributed by atoms with Crippen LogP contribution in [0.5, 0.6) is 0 Å². The van der Waals surface area contributed by atoms with E-state index in [9.17, 15) is 14.7 Å². The molecule has 4 aromatic heterocycles. The summed E-state index contributed by atoms with van der Waals surface area (Å²) in [5.74, 6) is -0.717. The van der Waals surface area contributed by atoms with Crippen LogP contribution in [0, 0.1) is 13.8 Å². The summed E-state index contributed by atoms with van der Waals surface area (Å²) in [6.45, 7) is 12.9. The molecule has 0 aliphatic carbocycles. The Balaban J connectivity index is 1.41. The first-order valence-electron chi connectivity index (χ1n) is 17.2. The molecule has 13 heteroatoms. The van der Waals surface area contributed by atoms with Crippen LogP contribution in [0.15, 0.2) is 64.6 Å². The molecule has 0 spiro atoms. The molecule has 50 heavy (non-hydrogen) atoms. The Labute approximate surface area is 290 Å². The molecule has 2 aromatic carbocycles. The van der Waals surface area contributed by atoms with Crippen LogP contribution in [-0.2, 0) is 33.8 Å². The summed E-state index contributed by atoms with van der Waals surface area (Å²) in [6.07, 6.45) is 1.43. The van der Waals surface area contributed by atoms with Gasteiger partial charge in [0.1, 0.15) is 11.4 Å². The van der Waals surface area contributed by atoms with E-state index in [1.165, 1.54) is 0 Å². The lowest BCUT2D eigenvalue weighted by atomic mass is 10.1. The smallest absolute Gasteiger partial charge is 0.298 e. The van der Waals surface area contributed by atoms with Crippen molar-refractivity contribution in [3.63, 3.8) is 0 Å². The lowest BCUT2D eigenvalue weighted by Gasteiger charge is -2.20. The second-order valence-corrected chi connectivity index (χ2v) is 13.0. The monoisotopic (exact) mass is 678 g/mol. The molecule has 262 valence electrons. The zero-order chi connectivity index (χ0) is 35.9. The number of aryl methyl sites for hydroxylation is 6. The molecule has 13 nitrogen and oxygen atoms in total. The molecular weight excluding hydrogens is 632 g/mol. The summed E-state index contributed by atoms with van der Waals surface area (Å²) in [5, 5.41) is 19.3. The minimum absolute atomic E-state index is 0.0512. The van der Waals surface area contributed by atoms with Gasteiger partial charge in [-0.25, -0.2) is 0 Å². The molecule has 0 aliphatic rings. The standard InChI is InChI=1S/C37H46N10O3/c1-9-44-31(20-23(3)40-44)34(49)38-36-42(7)28-15-11-12-16-29(28)46(36)25(5)18-19-26(6)47-33-27(22-48)14-13-17-30(33)43(8)37(47)39-35(50)32-21-24(4)41-45(32)10-2/h11-17,20-21,25-26,48H,9-10,18-19,22H2,1-8H3/b38-36+,39-37+/t25-,26-/m0/s1. The van der Waals surface area contributed by atoms with Gasteiger partial charge >= 0.3 is 0 Å². The minimum Gasteiger partial charge on any atom is -0.392 e. The van der Waals surface area contributed by atoms with Crippen LogP contribution in [0.3, 0.4) is 0 Å². The molecule has 0 fully saturated rings. The highest BCUT2D eigenvalue weighted by Crippen LogP contribution is 2.27. The fourth-order valence-electron chi connectivity index (χ4n) is 7.02. The normalized spacial score (nSPS) is 13.9. The van der Waals surface area contributed by atoms with Gasteiger partial charge < -0.3 is 23.4 Å². The van der Waals surface area contributed by atoms with E-state index in [0.29, 0.717) is 42.1 Å². The highest BCUT2D eigenvalue weighted by Gasteiger charge is 2.23. The molecule has 0 unspecified atom stereocenters. The van der Waals surface area contributed by atoms with Crippen LogP contribution in [-0.4, -0.2) is 54.8 Å². The number of imidazole rings is 2. The summed E-state index contributed by atoms with van der Waals surface area (Å²) in [4.78, 5) is 36.6. The Morgan fingerprint density at radius 2 is 1.20 bits per heavy atom. The summed E-state index contributed by atoms with van der Waals surface area (Å²) < 4.78 is 11.4. The highest BCUT2D eigenvalue weighted by molar-refractivity contribution is 5.94. The van der Waals surface area contributed by atoms with E-state index in [4.69, 9.17) is 0 Å². The van der Waals surface area contributed by atoms with Crippen molar-refractivity contribution in [2.45, 2.75) is 86.2 Å². The summed E-state index contributed by atoms with van der Waals surface area (Å²) in [5.41, 5.74) is 7.88. The molecule has 0 bridgehead atoms. The van der Waals surface area contributed by atoms with E-state index in [-0.39, 0.29) is 30.5 Å². The number of amides is 2. The van der Waals surface area contributed by atoms with Gasteiger partial charge in [-0.1, -0.05) is 24.3 Å². The number of rotatable bonds is 10. The van der Waals surface area contributed by atoms with Gasteiger partial charge in [-0.2, -0.15) is 20.2 Å². The lowest BCUT2D eigenvalue weighted by molar-refractivity contribution is 0.0977. The second-order valence-electron chi connectivity index (χ2n) is 13.0. The Kier molecular flexibility index (Phi) is 9.61. The van der Waals surface area contributed by atoms with Crippen LogP contribution in [0.25, 0.3) is 22.1 Å². The quantitative estimate of drug-likeness (QED) is 0.220. The number of hydrogen-bond donors (Lipinski definition) is 1. The number of carbonyl (C=O) groups is 2. The van der Waals surface area contributed by atoms with E-state index < -0.39 is 0 Å². The van der Waals surface area contributed by atoms with Crippen molar-refractivity contribution in [2.24, 2.45) is 24.1 Å². The molecule has 4 heterocycles. The van der Waals surface area contributed by atoms with Gasteiger partial charge in [0, 0.05) is 44.8 Å². The van der Waals surface area contributed by atoms with E-state index in [0.717, 1.165) is 45.4 Å². The molecule has 0 saturated carbocycles. The van der Waals surface area contributed by atoms with Gasteiger partial charge in [-0.05, 0) is 84.7 Å². The maximum Gasteiger partial charge on any atom is 0.298 e. The number of aromatic nitrogens is 8. The average Bonchev–Trinajstić information content (AvgIpc) is 3.84. The van der Waals surface area contributed by atoms with Crippen LogP contribution in [0.2, 0.25) is 0 Å². The SMILES string of the molecule is CCn1nc(C)cc1C(=O)/N=c1\n(C)c2ccccc2n1[C@@H](C)CC[C@H](C)n1/c(=N/C(=O)c2cc(C)nn2CC)n(C)c2cccc(CO)c21. The Bertz CT molecular complexity index is 2380. The Morgan fingerprint density at radius 3 is 1.74 bits per heavy atom. The molecule has 0 radical (unpaired) electrons. The topological polar surface area (TPSA) is 134 Å². The van der Waals surface area contributed by atoms with Crippen molar-refractivity contribution in [1.29, 1.82) is 0 Å². The molecule has 2 amide bonds. The number of fused-ring (bicyclic) bond motifs is 2. The number of hydrogen-bond acceptors (Lipinski definition) is 5. The van der Waals surface area contributed by atoms with Crippen LogP contribution >= 0.6 is 0 Å². The van der Waals surface area contributed by atoms with Gasteiger partial charge in [0.05, 0.1) is 40.1 Å².